The first-order valence-electron chi connectivity index (χ1n) is 19.5. The first kappa shape index (κ1) is 69.9. The van der Waals surface area contributed by atoms with E-state index < -0.39 is 156 Å². The van der Waals surface area contributed by atoms with Crippen LogP contribution < -0.4 is 0 Å². The first-order valence-corrected chi connectivity index (χ1v) is 19.5. The van der Waals surface area contributed by atoms with Crippen molar-refractivity contribution in [1.82, 2.24) is 0 Å². The quantitative estimate of drug-likeness (QED) is 0.0756. The molecule has 1 atom stereocenters. The molecule has 1 unspecified atom stereocenters. The molecule has 0 aliphatic rings. The Morgan fingerprint density at radius 2 is 0.676 bits per heavy atom. The van der Waals surface area contributed by atoms with Crippen LogP contribution in [-0.2, 0) is 19.1 Å². The summed E-state index contributed by atoms with van der Waals surface area (Å²) in [5.74, 6) is -80.1. The normalized spacial score (nSPS) is 16.0. The molecular formula is C37H44F30O4. The summed E-state index contributed by atoms with van der Waals surface area (Å²) in [7, 11) is 0. The van der Waals surface area contributed by atoms with Gasteiger partial charge in [-0.1, -0.05) is 34.6 Å². The molecule has 0 aromatic rings. The maximum Gasteiger partial charge on any atom is 0.460 e. The molecule has 0 aromatic carbocycles. The fourth-order valence-corrected chi connectivity index (χ4v) is 4.71. The minimum Gasteiger partial charge on any atom is -0.465 e. The van der Waals surface area contributed by atoms with Gasteiger partial charge in [0.05, 0.1) is 24.0 Å². The van der Waals surface area contributed by atoms with Crippen molar-refractivity contribution in [3.8, 4) is 0 Å². The average molecular weight is 1120 g/mol. The van der Waals surface area contributed by atoms with Gasteiger partial charge in [0.15, 0.2) is 0 Å². The number of hydrogen-bond donors (Lipinski definition) is 0. The van der Waals surface area contributed by atoms with Gasteiger partial charge < -0.3 is 9.47 Å². The summed E-state index contributed by atoms with van der Waals surface area (Å²) >= 11 is 0. The third-order valence-electron chi connectivity index (χ3n) is 10.9. The van der Waals surface area contributed by atoms with Gasteiger partial charge in [-0.15, -0.1) is 0 Å². The summed E-state index contributed by atoms with van der Waals surface area (Å²) in [6.07, 6.45) is -30.7. The van der Waals surface area contributed by atoms with Gasteiger partial charge in [-0.25, -0.2) is 4.39 Å². The fraction of sp³-hybridized carbons (Fsp3) is 0.946. The lowest BCUT2D eigenvalue weighted by molar-refractivity contribution is -0.465. The van der Waals surface area contributed by atoms with Crippen molar-refractivity contribution in [1.29, 1.82) is 0 Å². The van der Waals surface area contributed by atoms with Crippen molar-refractivity contribution in [2.75, 3.05) is 13.2 Å². The highest BCUT2D eigenvalue weighted by Crippen LogP contribution is 2.66. The molecule has 4 nitrogen and oxygen atoms in total. The van der Waals surface area contributed by atoms with E-state index in [1.54, 1.807) is 6.92 Å². The van der Waals surface area contributed by atoms with Crippen LogP contribution in [-0.4, -0.2) is 109 Å². The summed E-state index contributed by atoms with van der Waals surface area (Å²) in [5, 5.41) is 0. The van der Waals surface area contributed by atoms with Crippen LogP contribution in [0.25, 0.3) is 0 Å². The zero-order valence-corrected chi connectivity index (χ0v) is 37.7. The minimum absolute atomic E-state index is 0.196. The lowest BCUT2D eigenvalue weighted by Gasteiger charge is -2.44. The second-order valence-corrected chi connectivity index (χ2v) is 18.1. The number of alkyl halides is 30. The number of rotatable bonds is 23. The van der Waals surface area contributed by atoms with Crippen molar-refractivity contribution in [3.05, 3.63) is 0 Å². The molecule has 0 heterocycles. The molecule has 0 saturated carbocycles. The van der Waals surface area contributed by atoms with E-state index in [2.05, 4.69) is 4.74 Å². The van der Waals surface area contributed by atoms with Crippen molar-refractivity contribution >= 4 is 11.9 Å². The van der Waals surface area contributed by atoms with Crippen molar-refractivity contribution in [2.45, 2.75) is 184 Å². The van der Waals surface area contributed by atoms with E-state index in [0.29, 0.717) is 0 Å². The molecule has 0 aromatic heterocycles. The Morgan fingerprint density at radius 3 is 0.986 bits per heavy atom. The molecule has 426 valence electrons. The van der Waals surface area contributed by atoms with Gasteiger partial charge in [-0.2, -0.15) is 127 Å². The molecule has 34 heteroatoms. The smallest absolute Gasteiger partial charge is 0.460 e. The highest BCUT2D eigenvalue weighted by molar-refractivity contribution is 5.76. The topological polar surface area (TPSA) is 52.6 Å². The number of esters is 2. The van der Waals surface area contributed by atoms with Crippen LogP contribution in [0.3, 0.4) is 0 Å². The molecular weight excluding hydrogens is 1080 g/mol. The summed E-state index contributed by atoms with van der Waals surface area (Å²) < 4.78 is 406. The van der Waals surface area contributed by atoms with Gasteiger partial charge in [0.2, 0.25) is 0 Å². The van der Waals surface area contributed by atoms with E-state index in [0.717, 1.165) is 20.8 Å². The van der Waals surface area contributed by atoms with E-state index in [-0.39, 0.29) is 12.8 Å². The Kier molecular flexibility index (Phi) is 20.5. The summed E-state index contributed by atoms with van der Waals surface area (Å²) in [6, 6.07) is 0. The molecule has 0 fully saturated rings. The van der Waals surface area contributed by atoms with Gasteiger partial charge in [0.1, 0.15) is 0 Å². The fourth-order valence-electron chi connectivity index (χ4n) is 4.71. The highest BCUT2D eigenvalue weighted by atomic mass is 19.4. The van der Waals surface area contributed by atoms with Crippen LogP contribution >= 0.6 is 0 Å². The van der Waals surface area contributed by atoms with E-state index in [1.165, 1.54) is 34.6 Å². The monoisotopic (exact) mass is 1120 g/mol. The number of carbonyl (C=O) groups is 2. The standard InChI is InChI=1S/C19H21F17O2.C18H23F13O2/c1-5-11(3,4)10(37)38-8-9(2)6-7-12(20,21)14(23,24)16(27,28)17(29,30)15(25,26)13(22,18(31,32)33)19(34,35)36;1-6-12(4,5)10(32)33-9-11(2,3)7-8-13(19,20)14(21,22)15(23,24)16(25,26)17(27,28)18(29,30)31/h9H,5-8H2,1-4H3;6-9H2,1-5H3. The molecule has 0 rings (SSSR count). The number of hydrogen-bond acceptors (Lipinski definition) is 4. The van der Waals surface area contributed by atoms with Crippen molar-refractivity contribution in [2.24, 2.45) is 22.2 Å². The van der Waals surface area contributed by atoms with Gasteiger partial charge in [-0.3, -0.25) is 9.59 Å². The Morgan fingerprint density at radius 1 is 0.380 bits per heavy atom. The SMILES string of the molecule is CCC(C)(C)C(=O)OCC(C)(C)CCC(F)(F)C(F)(F)C(F)(F)C(F)(F)C(F)(F)C(F)(F)F.CCC(C)(C)C(=O)OCC(C)CCC(F)(F)C(F)(F)C(F)(F)C(F)(F)C(F)(F)C(F)(C(F)(F)F)C(F)(F)F. The van der Waals surface area contributed by atoms with Crippen LogP contribution in [0, 0.1) is 22.2 Å². The number of halogens is 30. The maximum atomic E-state index is 13.9. The van der Waals surface area contributed by atoms with Crippen LogP contribution in [0.1, 0.15) is 101 Å². The lowest BCUT2D eigenvalue weighted by Crippen LogP contribution is -2.76. The van der Waals surface area contributed by atoms with Crippen LogP contribution in [0.4, 0.5) is 132 Å². The number of ether oxygens (including phenoxy) is 2. The second-order valence-electron chi connectivity index (χ2n) is 18.1. The third kappa shape index (κ3) is 13.0. The lowest BCUT2D eigenvalue weighted by atomic mass is 9.83. The Hall–Kier alpha value is -3.16. The molecule has 0 amide bonds. The molecule has 0 N–H and O–H groups in total. The van der Waals surface area contributed by atoms with Crippen molar-refractivity contribution < 1.29 is 151 Å². The van der Waals surface area contributed by atoms with E-state index in [4.69, 9.17) is 4.74 Å². The summed E-state index contributed by atoms with van der Waals surface area (Å²) in [4.78, 5) is 23.7. The van der Waals surface area contributed by atoms with Crippen LogP contribution in [0.5, 0.6) is 0 Å². The molecule has 0 aliphatic heterocycles. The predicted octanol–water partition coefficient (Wildman–Crippen LogP) is 15.9. The average Bonchev–Trinajstić information content (AvgIpc) is 3.18. The zero-order chi connectivity index (χ0) is 58.3. The predicted molar refractivity (Wildman–Crippen MR) is 183 cm³/mol. The first-order chi connectivity index (χ1) is 30.5. The maximum absolute atomic E-state index is 13.9. The van der Waals surface area contributed by atoms with E-state index in [9.17, 15) is 141 Å². The molecule has 0 aliphatic carbocycles. The summed E-state index contributed by atoms with van der Waals surface area (Å²) in [6.45, 7) is 10.3. The van der Waals surface area contributed by atoms with Crippen molar-refractivity contribution in [3.63, 3.8) is 0 Å². The summed E-state index contributed by atoms with van der Waals surface area (Å²) in [5.41, 5.74) is -12.3. The van der Waals surface area contributed by atoms with Gasteiger partial charge in [0, 0.05) is 12.8 Å². The largest absolute Gasteiger partial charge is 0.465 e. The molecule has 71 heavy (non-hydrogen) atoms. The van der Waals surface area contributed by atoms with Gasteiger partial charge in [-0.05, 0) is 64.7 Å². The van der Waals surface area contributed by atoms with E-state index >= 15 is 0 Å². The number of carbonyl (C=O) groups excluding carboxylic acids is 2. The molecule has 0 radical (unpaired) electrons. The van der Waals surface area contributed by atoms with Crippen LogP contribution in [0.2, 0.25) is 0 Å². The highest BCUT2D eigenvalue weighted by Gasteiger charge is 2.97. The molecule has 0 bridgehead atoms. The van der Waals surface area contributed by atoms with Crippen LogP contribution in [0.15, 0.2) is 0 Å². The molecule has 0 saturated heterocycles. The Labute approximate surface area is 382 Å². The van der Waals surface area contributed by atoms with E-state index in [1.807, 2.05) is 0 Å². The molecule has 0 spiro atoms. The third-order valence-corrected chi connectivity index (χ3v) is 10.9. The Balaban J connectivity index is 0. The van der Waals surface area contributed by atoms with Gasteiger partial charge in [0.25, 0.3) is 0 Å². The second kappa shape index (κ2) is 20.9. The zero-order valence-electron chi connectivity index (χ0n) is 37.7. The minimum atomic E-state index is -8.77. The van der Waals surface area contributed by atoms with Gasteiger partial charge >= 0.3 is 95.4 Å². The Bertz CT molecular complexity index is 1760.